The maximum atomic E-state index is 5.68. The fourth-order valence-corrected chi connectivity index (χ4v) is 3.29. The fraction of sp³-hybridized carbons (Fsp3) is 0.727. The Hall–Kier alpha value is -0.990. The molecule has 2 aliphatic carbocycles. The zero-order chi connectivity index (χ0) is 9.71. The quantitative estimate of drug-likeness (QED) is 0.743. The van der Waals surface area contributed by atoms with E-state index < -0.39 is 0 Å². The van der Waals surface area contributed by atoms with Gasteiger partial charge in [0.15, 0.2) is 0 Å². The number of nitrogen functional groups attached to an aromatic ring is 1. The highest BCUT2D eigenvalue weighted by molar-refractivity contribution is 5.39. The minimum Gasteiger partial charge on any atom is -0.367 e. The number of anilines is 1. The van der Waals surface area contributed by atoms with Crippen molar-refractivity contribution in [1.29, 1.82) is 0 Å². The van der Waals surface area contributed by atoms with Gasteiger partial charge in [0.25, 0.3) is 0 Å². The summed E-state index contributed by atoms with van der Waals surface area (Å²) in [7, 11) is 0. The molecule has 3 nitrogen and oxygen atoms in total. The molecule has 2 N–H and O–H groups in total. The van der Waals surface area contributed by atoms with Crippen LogP contribution in [0.15, 0.2) is 4.52 Å². The van der Waals surface area contributed by atoms with Gasteiger partial charge in [-0.1, -0.05) is 11.6 Å². The van der Waals surface area contributed by atoms with E-state index in [0.717, 1.165) is 23.1 Å². The van der Waals surface area contributed by atoms with Gasteiger partial charge in [0.05, 0.1) is 5.69 Å². The van der Waals surface area contributed by atoms with Crippen molar-refractivity contribution in [3.63, 3.8) is 0 Å². The van der Waals surface area contributed by atoms with Crippen LogP contribution in [0.4, 0.5) is 5.88 Å². The van der Waals surface area contributed by atoms with E-state index in [1.807, 2.05) is 6.92 Å². The Morgan fingerprint density at radius 1 is 1.36 bits per heavy atom. The number of nitrogens with two attached hydrogens (primary N) is 1. The maximum absolute atomic E-state index is 5.68. The van der Waals surface area contributed by atoms with Crippen LogP contribution in [-0.2, 0) is 0 Å². The molecule has 3 unspecified atom stereocenters. The first kappa shape index (κ1) is 8.33. The summed E-state index contributed by atoms with van der Waals surface area (Å²) in [5.74, 6) is 2.93. The van der Waals surface area contributed by atoms with Crippen LogP contribution in [0.3, 0.4) is 0 Å². The summed E-state index contributed by atoms with van der Waals surface area (Å²) >= 11 is 0. The molecule has 1 aromatic rings. The Balaban J connectivity index is 1.93. The van der Waals surface area contributed by atoms with Gasteiger partial charge >= 0.3 is 0 Å². The van der Waals surface area contributed by atoms with E-state index in [2.05, 4.69) is 5.16 Å². The normalized spacial score (nSPS) is 35.4. The van der Waals surface area contributed by atoms with Gasteiger partial charge in [-0.2, -0.15) is 0 Å². The molecule has 0 spiro atoms. The monoisotopic (exact) mass is 192 g/mol. The highest BCUT2D eigenvalue weighted by Gasteiger charge is 2.42. The summed E-state index contributed by atoms with van der Waals surface area (Å²) in [6.07, 6.45) is 5.50. The van der Waals surface area contributed by atoms with Crippen molar-refractivity contribution < 1.29 is 4.52 Å². The van der Waals surface area contributed by atoms with Crippen LogP contribution in [0.5, 0.6) is 0 Å². The Bertz CT molecular complexity index is 358. The molecule has 2 saturated carbocycles. The SMILES string of the molecule is Cc1c(C2CC3CCC2C3)noc1N. The highest BCUT2D eigenvalue weighted by atomic mass is 16.5. The van der Waals surface area contributed by atoms with Crippen LogP contribution in [0, 0.1) is 18.8 Å². The second-order valence-corrected chi connectivity index (χ2v) is 4.84. The zero-order valence-electron chi connectivity index (χ0n) is 8.49. The van der Waals surface area contributed by atoms with E-state index in [0.29, 0.717) is 11.8 Å². The second kappa shape index (κ2) is 2.75. The smallest absolute Gasteiger partial charge is 0.225 e. The van der Waals surface area contributed by atoms with E-state index in [4.69, 9.17) is 10.3 Å². The van der Waals surface area contributed by atoms with Crippen molar-refractivity contribution in [2.24, 2.45) is 11.8 Å². The summed E-state index contributed by atoms with van der Waals surface area (Å²) in [6.45, 7) is 2.02. The lowest BCUT2D eigenvalue weighted by molar-refractivity contribution is 0.375. The summed E-state index contributed by atoms with van der Waals surface area (Å²) in [5, 5.41) is 4.12. The Kier molecular flexibility index (Phi) is 1.64. The molecule has 3 rings (SSSR count). The third kappa shape index (κ3) is 1.01. The lowest BCUT2D eigenvalue weighted by atomic mass is 9.85. The number of fused-ring (bicyclic) bond motifs is 2. The Morgan fingerprint density at radius 2 is 2.21 bits per heavy atom. The van der Waals surface area contributed by atoms with Crippen LogP contribution in [-0.4, -0.2) is 5.16 Å². The number of hydrogen-bond acceptors (Lipinski definition) is 3. The van der Waals surface area contributed by atoms with Crippen molar-refractivity contribution in [2.45, 2.75) is 38.5 Å². The predicted molar refractivity (Wildman–Crippen MR) is 53.8 cm³/mol. The molecule has 0 aromatic carbocycles. The summed E-state index contributed by atoms with van der Waals surface area (Å²) in [5.41, 5.74) is 7.88. The Labute approximate surface area is 83.6 Å². The van der Waals surface area contributed by atoms with Gasteiger partial charge in [-0.05, 0) is 38.0 Å². The molecule has 2 aliphatic rings. The minimum absolute atomic E-state index is 0.503. The third-order valence-electron chi connectivity index (χ3n) is 4.09. The van der Waals surface area contributed by atoms with Crippen LogP contribution in [0.2, 0.25) is 0 Å². The lowest BCUT2D eigenvalue weighted by Gasteiger charge is -2.19. The average molecular weight is 192 g/mol. The minimum atomic E-state index is 0.503. The van der Waals surface area contributed by atoms with E-state index in [9.17, 15) is 0 Å². The van der Waals surface area contributed by atoms with Crippen molar-refractivity contribution in [1.82, 2.24) is 5.16 Å². The topological polar surface area (TPSA) is 52.0 Å². The molecule has 0 aliphatic heterocycles. The second-order valence-electron chi connectivity index (χ2n) is 4.84. The lowest BCUT2D eigenvalue weighted by Crippen LogP contribution is -2.10. The molecule has 3 atom stereocenters. The molecular weight excluding hydrogens is 176 g/mol. The molecule has 0 saturated heterocycles. The number of rotatable bonds is 1. The van der Waals surface area contributed by atoms with E-state index in [1.54, 1.807) is 0 Å². The summed E-state index contributed by atoms with van der Waals surface area (Å²) in [6, 6.07) is 0. The first-order valence-electron chi connectivity index (χ1n) is 5.47. The first-order valence-corrected chi connectivity index (χ1v) is 5.47. The van der Waals surface area contributed by atoms with Crippen molar-refractivity contribution in [3.8, 4) is 0 Å². The van der Waals surface area contributed by atoms with E-state index >= 15 is 0 Å². The standard InChI is InChI=1S/C11H16N2O/c1-6-10(13-14-11(6)12)9-5-7-2-3-8(9)4-7/h7-9H,2-5,12H2,1H3. The van der Waals surface area contributed by atoms with Gasteiger partial charge in [-0.15, -0.1) is 0 Å². The average Bonchev–Trinajstić information content (AvgIpc) is 2.84. The van der Waals surface area contributed by atoms with Crippen LogP contribution in [0.25, 0.3) is 0 Å². The third-order valence-corrected chi connectivity index (χ3v) is 4.09. The summed E-state index contributed by atoms with van der Waals surface area (Å²) in [4.78, 5) is 0. The Morgan fingerprint density at radius 3 is 2.71 bits per heavy atom. The zero-order valence-corrected chi connectivity index (χ0v) is 8.49. The van der Waals surface area contributed by atoms with Crippen molar-refractivity contribution in [3.05, 3.63) is 11.3 Å². The van der Waals surface area contributed by atoms with Gasteiger partial charge in [-0.25, -0.2) is 0 Å². The van der Waals surface area contributed by atoms with Crippen LogP contribution < -0.4 is 5.73 Å². The van der Waals surface area contributed by atoms with Gasteiger partial charge in [-0.3, -0.25) is 0 Å². The predicted octanol–water partition coefficient (Wildman–Crippen LogP) is 2.47. The summed E-state index contributed by atoms with van der Waals surface area (Å²) < 4.78 is 5.04. The number of nitrogens with zero attached hydrogens (tertiary/aromatic N) is 1. The van der Waals surface area contributed by atoms with Gasteiger partial charge in [0.2, 0.25) is 5.88 Å². The fourth-order valence-electron chi connectivity index (χ4n) is 3.29. The molecule has 2 fully saturated rings. The molecule has 1 heterocycles. The van der Waals surface area contributed by atoms with Crippen molar-refractivity contribution >= 4 is 5.88 Å². The van der Waals surface area contributed by atoms with Gasteiger partial charge in [0, 0.05) is 11.5 Å². The van der Waals surface area contributed by atoms with Crippen LogP contribution >= 0.6 is 0 Å². The van der Waals surface area contributed by atoms with E-state index in [-0.39, 0.29) is 0 Å². The van der Waals surface area contributed by atoms with Gasteiger partial charge < -0.3 is 10.3 Å². The van der Waals surface area contributed by atoms with E-state index in [1.165, 1.54) is 25.7 Å². The molecule has 1 aromatic heterocycles. The first-order chi connectivity index (χ1) is 6.75. The molecule has 0 radical (unpaired) electrons. The highest BCUT2D eigenvalue weighted by Crippen LogP contribution is 2.53. The molecule has 14 heavy (non-hydrogen) atoms. The molecule has 3 heteroatoms. The van der Waals surface area contributed by atoms with Crippen LogP contribution in [0.1, 0.15) is 42.9 Å². The largest absolute Gasteiger partial charge is 0.367 e. The molecule has 0 amide bonds. The molecular formula is C11H16N2O. The number of hydrogen-bond donors (Lipinski definition) is 1. The number of aromatic nitrogens is 1. The van der Waals surface area contributed by atoms with Gasteiger partial charge in [0.1, 0.15) is 0 Å². The van der Waals surface area contributed by atoms with Crippen molar-refractivity contribution in [2.75, 3.05) is 5.73 Å². The molecule has 2 bridgehead atoms. The maximum Gasteiger partial charge on any atom is 0.225 e. The molecule has 76 valence electrons.